The topological polar surface area (TPSA) is 66.8 Å². The third-order valence-corrected chi connectivity index (χ3v) is 2.52. The Morgan fingerprint density at radius 3 is 2.53 bits per heavy atom. The Morgan fingerprint density at radius 1 is 1.26 bits per heavy atom. The summed E-state index contributed by atoms with van der Waals surface area (Å²) in [7, 11) is 0. The fourth-order valence-electron chi connectivity index (χ4n) is 1.78. The van der Waals surface area contributed by atoms with Crippen LogP contribution < -0.4 is 4.74 Å². The molecule has 1 N–H and O–H groups in total. The van der Waals surface area contributed by atoms with Gasteiger partial charge in [0.1, 0.15) is 12.3 Å². The lowest BCUT2D eigenvalue weighted by Crippen LogP contribution is -2.36. The number of nitrogens with zero attached hydrogens (tertiary/aromatic N) is 1. The normalized spacial score (nSPS) is 10.0. The van der Waals surface area contributed by atoms with E-state index < -0.39 is 5.97 Å². The average molecular weight is 265 g/mol. The Bertz CT molecular complexity index is 445. The summed E-state index contributed by atoms with van der Waals surface area (Å²) >= 11 is 0. The van der Waals surface area contributed by atoms with E-state index in [1.54, 1.807) is 24.3 Å². The molecule has 0 heterocycles. The van der Waals surface area contributed by atoms with Crippen molar-refractivity contribution < 1.29 is 19.4 Å². The molecule has 0 aliphatic carbocycles. The molecule has 0 bridgehead atoms. The molecule has 1 aromatic carbocycles. The third kappa shape index (κ3) is 4.28. The minimum absolute atomic E-state index is 0.298. The first-order valence-corrected chi connectivity index (χ1v) is 6.33. The zero-order valence-corrected chi connectivity index (χ0v) is 11.3. The summed E-state index contributed by atoms with van der Waals surface area (Å²) in [6, 6.07) is 6.88. The van der Waals surface area contributed by atoms with E-state index in [9.17, 15) is 9.59 Å². The van der Waals surface area contributed by atoms with E-state index in [1.165, 1.54) is 4.90 Å². The number of carbonyl (C=O) groups is 2. The van der Waals surface area contributed by atoms with Crippen LogP contribution in [0.4, 0.5) is 0 Å². The van der Waals surface area contributed by atoms with Crippen LogP contribution in [0.5, 0.6) is 5.75 Å². The molecule has 104 valence electrons. The number of aliphatic carboxylic acids is 1. The SMILES string of the molecule is CCCN(CC(=O)O)C(=O)c1ccccc1OCC. The number of benzene rings is 1. The van der Waals surface area contributed by atoms with Crippen molar-refractivity contribution in [3.63, 3.8) is 0 Å². The number of para-hydroxylation sites is 1. The zero-order valence-electron chi connectivity index (χ0n) is 11.3. The molecule has 0 aliphatic rings. The van der Waals surface area contributed by atoms with Gasteiger partial charge in [-0.2, -0.15) is 0 Å². The van der Waals surface area contributed by atoms with Crippen molar-refractivity contribution in [3.05, 3.63) is 29.8 Å². The van der Waals surface area contributed by atoms with Gasteiger partial charge in [0.15, 0.2) is 0 Å². The van der Waals surface area contributed by atoms with Gasteiger partial charge in [-0.25, -0.2) is 0 Å². The van der Waals surface area contributed by atoms with Gasteiger partial charge in [0.2, 0.25) is 0 Å². The second kappa shape index (κ2) is 7.41. The van der Waals surface area contributed by atoms with E-state index in [2.05, 4.69) is 0 Å². The summed E-state index contributed by atoms with van der Waals surface area (Å²) in [5.74, 6) is -0.842. The van der Waals surface area contributed by atoms with Gasteiger partial charge < -0.3 is 14.7 Å². The van der Waals surface area contributed by atoms with Crippen molar-refractivity contribution in [1.29, 1.82) is 0 Å². The third-order valence-electron chi connectivity index (χ3n) is 2.52. The number of amides is 1. The summed E-state index contributed by atoms with van der Waals surface area (Å²) in [6.45, 7) is 4.30. The summed E-state index contributed by atoms with van der Waals surface area (Å²) in [6.07, 6.45) is 0.704. The zero-order chi connectivity index (χ0) is 14.3. The molecule has 1 rings (SSSR count). The molecule has 0 aromatic heterocycles. The van der Waals surface area contributed by atoms with Crippen molar-refractivity contribution >= 4 is 11.9 Å². The van der Waals surface area contributed by atoms with Crippen LogP contribution >= 0.6 is 0 Å². The first kappa shape index (κ1) is 15.0. The number of carboxylic acids is 1. The Hall–Kier alpha value is -2.04. The molecule has 1 aromatic rings. The fraction of sp³-hybridized carbons (Fsp3) is 0.429. The fourth-order valence-corrected chi connectivity index (χ4v) is 1.78. The minimum Gasteiger partial charge on any atom is -0.493 e. The van der Waals surface area contributed by atoms with Crippen LogP contribution in [-0.2, 0) is 4.79 Å². The average Bonchev–Trinajstić information content (AvgIpc) is 2.38. The second-order valence-corrected chi connectivity index (χ2v) is 4.05. The van der Waals surface area contributed by atoms with Gasteiger partial charge in [-0.05, 0) is 25.5 Å². The number of ether oxygens (including phenoxy) is 1. The van der Waals surface area contributed by atoms with Crippen molar-refractivity contribution in [2.75, 3.05) is 19.7 Å². The molecular weight excluding hydrogens is 246 g/mol. The number of hydrogen-bond donors (Lipinski definition) is 1. The Labute approximate surface area is 112 Å². The molecule has 0 aliphatic heterocycles. The van der Waals surface area contributed by atoms with Gasteiger partial charge in [0.25, 0.3) is 5.91 Å². The lowest BCUT2D eigenvalue weighted by molar-refractivity contribution is -0.137. The molecule has 19 heavy (non-hydrogen) atoms. The molecule has 5 nitrogen and oxygen atoms in total. The number of rotatable bonds is 7. The van der Waals surface area contributed by atoms with E-state index in [4.69, 9.17) is 9.84 Å². The predicted octanol–water partition coefficient (Wildman–Crippen LogP) is 2.02. The molecule has 0 spiro atoms. The van der Waals surface area contributed by atoms with Crippen LogP contribution in [0, 0.1) is 0 Å². The molecule has 5 heteroatoms. The highest BCUT2D eigenvalue weighted by Crippen LogP contribution is 2.20. The smallest absolute Gasteiger partial charge is 0.323 e. The van der Waals surface area contributed by atoms with E-state index in [0.29, 0.717) is 30.9 Å². The summed E-state index contributed by atoms with van der Waals surface area (Å²) in [5.41, 5.74) is 0.402. The predicted molar refractivity (Wildman–Crippen MR) is 71.4 cm³/mol. The van der Waals surface area contributed by atoms with Crippen LogP contribution in [0.2, 0.25) is 0 Å². The van der Waals surface area contributed by atoms with Crippen molar-refractivity contribution in [2.24, 2.45) is 0 Å². The molecule has 1 amide bonds. The van der Waals surface area contributed by atoms with Crippen molar-refractivity contribution in [1.82, 2.24) is 4.90 Å². The molecule has 0 fully saturated rings. The molecule has 0 saturated carbocycles. The maximum atomic E-state index is 12.3. The summed E-state index contributed by atoms with van der Waals surface area (Å²) < 4.78 is 5.40. The van der Waals surface area contributed by atoms with Crippen LogP contribution in [0.3, 0.4) is 0 Å². The maximum absolute atomic E-state index is 12.3. The van der Waals surface area contributed by atoms with Gasteiger partial charge in [0, 0.05) is 6.54 Å². The van der Waals surface area contributed by atoms with Gasteiger partial charge in [-0.15, -0.1) is 0 Å². The molecular formula is C14H19NO4. The Balaban J connectivity index is 2.98. The van der Waals surface area contributed by atoms with Crippen LogP contribution in [0.1, 0.15) is 30.6 Å². The van der Waals surface area contributed by atoms with E-state index in [1.807, 2.05) is 13.8 Å². The van der Waals surface area contributed by atoms with Crippen LogP contribution in [0.15, 0.2) is 24.3 Å². The minimum atomic E-state index is -1.02. The van der Waals surface area contributed by atoms with E-state index in [0.717, 1.165) is 0 Å². The lowest BCUT2D eigenvalue weighted by atomic mass is 10.1. The quantitative estimate of drug-likeness (QED) is 0.819. The van der Waals surface area contributed by atoms with Crippen LogP contribution in [0.25, 0.3) is 0 Å². The lowest BCUT2D eigenvalue weighted by Gasteiger charge is -2.21. The van der Waals surface area contributed by atoms with Gasteiger partial charge >= 0.3 is 5.97 Å². The maximum Gasteiger partial charge on any atom is 0.323 e. The molecule has 0 atom stereocenters. The largest absolute Gasteiger partial charge is 0.493 e. The van der Waals surface area contributed by atoms with E-state index >= 15 is 0 Å². The Morgan fingerprint density at radius 2 is 1.95 bits per heavy atom. The standard InChI is InChI=1S/C14H19NO4/c1-3-9-15(10-13(16)17)14(18)11-7-5-6-8-12(11)19-4-2/h5-8H,3-4,9-10H2,1-2H3,(H,16,17). The van der Waals surface area contributed by atoms with Crippen molar-refractivity contribution in [2.45, 2.75) is 20.3 Å². The summed E-state index contributed by atoms with van der Waals surface area (Å²) in [5, 5.41) is 8.85. The first-order chi connectivity index (χ1) is 9.10. The number of carbonyl (C=O) groups excluding carboxylic acids is 1. The van der Waals surface area contributed by atoms with Crippen LogP contribution in [-0.4, -0.2) is 41.6 Å². The monoisotopic (exact) mass is 265 g/mol. The first-order valence-electron chi connectivity index (χ1n) is 6.33. The van der Waals surface area contributed by atoms with Crippen molar-refractivity contribution in [3.8, 4) is 5.75 Å². The highest BCUT2D eigenvalue weighted by molar-refractivity contribution is 5.98. The molecule has 0 radical (unpaired) electrons. The molecule has 0 unspecified atom stereocenters. The number of hydrogen-bond acceptors (Lipinski definition) is 3. The Kier molecular flexibility index (Phi) is 5.85. The second-order valence-electron chi connectivity index (χ2n) is 4.05. The van der Waals surface area contributed by atoms with Gasteiger partial charge in [-0.1, -0.05) is 19.1 Å². The van der Waals surface area contributed by atoms with Gasteiger partial charge in [0.05, 0.1) is 12.2 Å². The highest BCUT2D eigenvalue weighted by Gasteiger charge is 2.20. The highest BCUT2D eigenvalue weighted by atomic mass is 16.5. The van der Waals surface area contributed by atoms with E-state index in [-0.39, 0.29) is 12.5 Å². The summed E-state index contributed by atoms with van der Waals surface area (Å²) in [4.78, 5) is 24.5. The van der Waals surface area contributed by atoms with Gasteiger partial charge in [-0.3, -0.25) is 9.59 Å². The molecule has 0 saturated heterocycles. The number of carboxylic acid groups (broad SMARTS) is 1.